The monoisotopic (exact) mass is 481 g/mol. The molecule has 2 aromatic carbocycles. The number of halogens is 2. The fraction of sp³-hybridized carbons (Fsp3) is 0.350. The van der Waals surface area contributed by atoms with Crippen LogP contribution in [-0.2, 0) is 4.79 Å². The highest BCUT2D eigenvalue weighted by Crippen LogP contribution is 2.39. The first-order chi connectivity index (χ1) is 12.5. The maximum atomic E-state index is 11.9. The summed E-state index contributed by atoms with van der Waals surface area (Å²) in [4.78, 5) is 14.0. The van der Waals surface area contributed by atoms with Crippen molar-refractivity contribution in [2.75, 3.05) is 13.7 Å². The van der Waals surface area contributed by atoms with Gasteiger partial charge in [-0.05, 0) is 55.3 Å². The number of carboxylic acids is 1. The van der Waals surface area contributed by atoms with E-state index < -0.39 is 12.0 Å². The molecule has 3 rings (SSSR count). The maximum absolute atomic E-state index is 11.9. The van der Waals surface area contributed by atoms with Gasteiger partial charge in [-0.1, -0.05) is 50.4 Å². The van der Waals surface area contributed by atoms with Crippen molar-refractivity contribution in [3.8, 4) is 5.75 Å². The van der Waals surface area contributed by atoms with Crippen LogP contribution in [0, 0.1) is 0 Å². The molecule has 2 aromatic rings. The number of piperidine rings is 1. The summed E-state index contributed by atoms with van der Waals surface area (Å²) in [7, 11) is 1.65. The van der Waals surface area contributed by atoms with Crippen molar-refractivity contribution in [2.45, 2.75) is 31.3 Å². The number of benzene rings is 2. The Kier molecular flexibility index (Phi) is 6.37. The lowest BCUT2D eigenvalue weighted by Gasteiger charge is -2.40. The molecule has 0 radical (unpaired) electrons. The van der Waals surface area contributed by atoms with Crippen LogP contribution in [0.2, 0.25) is 0 Å². The zero-order chi connectivity index (χ0) is 18.7. The molecule has 1 aliphatic heterocycles. The van der Waals surface area contributed by atoms with Gasteiger partial charge in [0.1, 0.15) is 11.8 Å². The first-order valence-electron chi connectivity index (χ1n) is 8.58. The smallest absolute Gasteiger partial charge is 0.320 e. The molecule has 0 amide bonds. The number of nitrogens with zero attached hydrogens (tertiary/aromatic N) is 1. The summed E-state index contributed by atoms with van der Waals surface area (Å²) in [6.07, 6.45) is 2.60. The zero-order valence-electron chi connectivity index (χ0n) is 14.5. The van der Waals surface area contributed by atoms with E-state index in [9.17, 15) is 9.90 Å². The fourth-order valence-electron chi connectivity index (χ4n) is 3.64. The largest absolute Gasteiger partial charge is 0.496 e. The summed E-state index contributed by atoms with van der Waals surface area (Å²) in [6, 6.07) is 13.3. The van der Waals surface area contributed by atoms with Crippen molar-refractivity contribution in [2.24, 2.45) is 0 Å². The number of likely N-dealkylation sites (tertiary alicyclic amines) is 1. The highest BCUT2D eigenvalue weighted by atomic mass is 79.9. The molecule has 6 heteroatoms. The van der Waals surface area contributed by atoms with Crippen molar-refractivity contribution >= 4 is 37.8 Å². The minimum atomic E-state index is -0.763. The summed E-state index contributed by atoms with van der Waals surface area (Å²) in [5.74, 6) is -0.00314. The predicted molar refractivity (Wildman–Crippen MR) is 109 cm³/mol. The molecule has 0 aromatic heterocycles. The van der Waals surface area contributed by atoms with Gasteiger partial charge in [0.15, 0.2) is 0 Å². The quantitative estimate of drug-likeness (QED) is 0.632. The van der Waals surface area contributed by atoms with Crippen LogP contribution >= 0.6 is 31.9 Å². The second-order valence-electron chi connectivity index (χ2n) is 6.43. The fourth-order valence-corrected chi connectivity index (χ4v) is 4.28. The molecule has 2 atom stereocenters. The number of methoxy groups -OCH3 is 1. The molecule has 0 spiro atoms. The van der Waals surface area contributed by atoms with E-state index in [0.717, 1.165) is 45.2 Å². The van der Waals surface area contributed by atoms with Crippen molar-refractivity contribution in [1.82, 2.24) is 4.90 Å². The molecule has 4 nitrogen and oxygen atoms in total. The second-order valence-corrected chi connectivity index (χ2v) is 8.26. The van der Waals surface area contributed by atoms with Crippen LogP contribution in [0.3, 0.4) is 0 Å². The van der Waals surface area contributed by atoms with Gasteiger partial charge in [-0.25, -0.2) is 0 Å². The molecular weight excluding hydrogens is 462 g/mol. The van der Waals surface area contributed by atoms with E-state index in [1.165, 1.54) is 0 Å². The molecule has 1 N–H and O–H groups in total. The topological polar surface area (TPSA) is 49.8 Å². The van der Waals surface area contributed by atoms with Crippen LogP contribution in [0.1, 0.15) is 36.4 Å². The van der Waals surface area contributed by atoms with E-state index in [-0.39, 0.29) is 6.04 Å². The average molecular weight is 483 g/mol. The van der Waals surface area contributed by atoms with E-state index >= 15 is 0 Å². The van der Waals surface area contributed by atoms with Gasteiger partial charge in [0.25, 0.3) is 0 Å². The molecule has 1 heterocycles. The normalized spacial score (nSPS) is 19.1. The number of rotatable bonds is 5. The van der Waals surface area contributed by atoms with Crippen LogP contribution in [-0.4, -0.2) is 35.7 Å². The van der Waals surface area contributed by atoms with Crippen molar-refractivity contribution < 1.29 is 14.6 Å². The Hall–Kier alpha value is -1.37. The second kappa shape index (κ2) is 8.55. The third kappa shape index (κ3) is 4.13. The van der Waals surface area contributed by atoms with Crippen LogP contribution in [0.15, 0.2) is 51.4 Å². The molecule has 26 heavy (non-hydrogen) atoms. The summed E-state index contributed by atoms with van der Waals surface area (Å²) < 4.78 is 7.55. The Morgan fingerprint density at radius 2 is 1.85 bits per heavy atom. The SMILES string of the molecule is COc1ccc(Br)cc1C(c1ccc(Br)cc1)N1CCCCC1C(=O)O. The van der Waals surface area contributed by atoms with E-state index in [4.69, 9.17) is 4.74 Å². The number of hydrogen-bond donors (Lipinski definition) is 1. The molecule has 1 fully saturated rings. The number of carboxylic acid groups (broad SMARTS) is 1. The summed E-state index contributed by atoms with van der Waals surface area (Å²) in [5, 5.41) is 9.79. The lowest BCUT2D eigenvalue weighted by atomic mass is 9.91. The Bertz CT molecular complexity index is 779. The van der Waals surface area contributed by atoms with Gasteiger partial charge in [0.2, 0.25) is 0 Å². The molecular formula is C20H21Br2NO3. The first-order valence-corrected chi connectivity index (χ1v) is 10.2. The predicted octanol–water partition coefficient (Wildman–Crippen LogP) is 5.25. The highest BCUT2D eigenvalue weighted by molar-refractivity contribution is 9.10. The molecule has 138 valence electrons. The Balaban J connectivity index is 2.15. The van der Waals surface area contributed by atoms with E-state index in [0.29, 0.717) is 6.42 Å². The van der Waals surface area contributed by atoms with Gasteiger partial charge in [0.05, 0.1) is 13.2 Å². The van der Waals surface area contributed by atoms with Gasteiger partial charge >= 0.3 is 5.97 Å². The molecule has 0 aliphatic carbocycles. The first kappa shape index (κ1) is 19.4. The minimum absolute atomic E-state index is 0.183. The van der Waals surface area contributed by atoms with Crippen LogP contribution < -0.4 is 4.74 Å². The Labute approximate surface area is 170 Å². The van der Waals surface area contributed by atoms with Crippen molar-refractivity contribution in [1.29, 1.82) is 0 Å². The van der Waals surface area contributed by atoms with Gasteiger partial charge in [-0.2, -0.15) is 0 Å². The standard InChI is InChI=1S/C20H21Br2NO3/c1-26-18-10-9-15(22)12-16(18)19(13-5-7-14(21)8-6-13)23-11-3-2-4-17(23)20(24)25/h5-10,12,17,19H,2-4,11H2,1H3,(H,24,25). The minimum Gasteiger partial charge on any atom is -0.496 e. The molecule has 1 saturated heterocycles. The van der Waals surface area contributed by atoms with E-state index in [2.05, 4.69) is 36.8 Å². The number of carbonyl (C=O) groups is 1. The van der Waals surface area contributed by atoms with E-state index in [1.807, 2.05) is 42.5 Å². The lowest BCUT2D eigenvalue weighted by Crippen LogP contribution is -2.46. The summed E-state index contributed by atoms with van der Waals surface area (Å²) >= 11 is 7.03. The molecule has 0 bridgehead atoms. The molecule has 2 unspecified atom stereocenters. The number of aliphatic carboxylic acids is 1. The third-order valence-electron chi connectivity index (χ3n) is 4.83. The molecule has 1 aliphatic rings. The van der Waals surface area contributed by atoms with Crippen molar-refractivity contribution in [3.05, 3.63) is 62.5 Å². The van der Waals surface area contributed by atoms with Crippen LogP contribution in [0.4, 0.5) is 0 Å². The van der Waals surface area contributed by atoms with Gasteiger partial charge in [0, 0.05) is 14.5 Å². The number of ether oxygens (including phenoxy) is 1. The number of hydrogen-bond acceptors (Lipinski definition) is 3. The average Bonchev–Trinajstić information content (AvgIpc) is 2.64. The highest BCUT2D eigenvalue weighted by Gasteiger charge is 2.36. The van der Waals surface area contributed by atoms with Gasteiger partial charge in [-0.15, -0.1) is 0 Å². The Morgan fingerprint density at radius 1 is 1.15 bits per heavy atom. The lowest BCUT2D eigenvalue weighted by molar-refractivity contribution is -0.145. The van der Waals surface area contributed by atoms with Crippen molar-refractivity contribution in [3.63, 3.8) is 0 Å². The van der Waals surface area contributed by atoms with E-state index in [1.54, 1.807) is 7.11 Å². The third-order valence-corrected chi connectivity index (χ3v) is 5.85. The maximum Gasteiger partial charge on any atom is 0.320 e. The van der Waals surface area contributed by atoms with Gasteiger partial charge < -0.3 is 9.84 Å². The van der Waals surface area contributed by atoms with Gasteiger partial charge in [-0.3, -0.25) is 9.69 Å². The summed E-state index contributed by atoms with van der Waals surface area (Å²) in [5.41, 5.74) is 2.02. The molecule has 0 saturated carbocycles. The van der Waals surface area contributed by atoms with Crippen LogP contribution in [0.5, 0.6) is 5.75 Å². The van der Waals surface area contributed by atoms with Crippen LogP contribution in [0.25, 0.3) is 0 Å². The summed E-state index contributed by atoms with van der Waals surface area (Å²) in [6.45, 7) is 0.743. The zero-order valence-corrected chi connectivity index (χ0v) is 17.7. The Morgan fingerprint density at radius 3 is 2.50 bits per heavy atom.